The highest BCUT2D eigenvalue weighted by atomic mass is 16.2. The maximum absolute atomic E-state index is 12.3. The van der Waals surface area contributed by atoms with E-state index in [1.165, 1.54) is 0 Å². The zero-order valence-corrected chi connectivity index (χ0v) is 15.7. The Morgan fingerprint density at radius 3 is 2.41 bits per heavy atom. The van der Waals surface area contributed by atoms with Crippen molar-refractivity contribution in [3.05, 3.63) is 64.7 Å². The SMILES string of the molecule is Cc1ccc(C(=O)CCC(=O)Nc2ccccc2C(=O)NC2CC2)cc1C. The number of Topliss-reactive ketones (excluding diaryl/α,β-unsaturated/α-hetero) is 1. The first-order valence-corrected chi connectivity index (χ1v) is 9.24. The number of anilines is 1. The van der Waals surface area contributed by atoms with Crippen molar-refractivity contribution in [1.82, 2.24) is 5.32 Å². The van der Waals surface area contributed by atoms with E-state index in [0.29, 0.717) is 16.8 Å². The number of para-hydroxylation sites is 1. The molecular formula is C22H24N2O3. The van der Waals surface area contributed by atoms with Gasteiger partial charge in [-0.15, -0.1) is 0 Å². The van der Waals surface area contributed by atoms with E-state index in [1.54, 1.807) is 30.3 Å². The minimum atomic E-state index is -0.279. The Hall–Kier alpha value is -2.95. The zero-order chi connectivity index (χ0) is 19.4. The molecule has 0 saturated heterocycles. The second-order valence-corrected chi connectivity index (χ2v) is 7.06. The predicted octanol–water partition coefficient (Wildman–Crippen LogP) is 3.80. The average molecular weight is 364 g/mol. The summed E-state index contributed by atoms with van der Waals surface area (Å²) in [7, 11) is 0. The Bertz CT molecular complexity index is 885. The molecule has 0 atom stereocenters. The predicted molar refractivity (Wildman–Crippen MR) is 105 cm³/mol. The summed E-state index contributed by atoms with van der Waals surface area (Å²) in [5.74, 6) is -0.522. The molecule has 0 heterocycles. The summed E-state index contributed by atoms with van der Waals surface area (Å²) in [6.07, 6.45) is 2.21. The summed E-state index contributed by atoms with van der Waals surface area (Å²) in [4.78, 5) is 36.9. The van der Waals surface area contributed by atoms with Gasteiger partial charge in [-0.05, 0) is 56.0 Å². The molecule has 2 N–H and O–H groups in total. The third-order valence-corrected chi connectivity index (χ3v) is 4.77. The molecule has 1 aliphatic carbocycles. The Labute approximate surface area is 159 Å². The van der Waals surface area contributed by atoms with Crippen LogP contribution in [0.1, 0.15) is 57.5 Å². The molecule has 0 radical (unpaired) electrons. The first-order chi connectivity index (χ1) is 12.9. The van der Waals surface area contributed by atoms with E-state index in [1.807, 2.05) is 26.0 Å². The Kier molecular flexibility index (Phi) is 5.69. The maximum Gasteiger partial charge on any atom is 0.253 e. The zero-order valence-electron chi connectivity index (χ0n) is 15.7. The highest BCUT2D eigenvalue weighted by Crippen LogP contribution is 2.22. The van der Waals surface area contributed by atoms with Crippen LogP contribution in [0.4, 0.5) is 5.69 Å². The maximum atomic E-state index is 12.3. The lowest BCUT2D eigenvalue weighted by atomic mass is 10.0. The van der Waals surface area contributed by atoms with E-state index >= 15 is 0 Å². The summed E-state index contributed by atoms with van der Waals surface area (Å²) in [6.45, 7) is 3.95. The van der Waals surface area contributed by atoms with Crippen molar-refractivity contribution in [2.45, 2.75) is 45.6 Å². The van der Waals surface area contributed by atoms with E-state index in [9.17, 15) is 14.4 Å². The molecule has 0 aromatic heterocycles. The molecule has 2 amide bonds. The molecule has 3 rings (SSSR count). The van der Waals surface area contributed by atoms with Gasteiger partial charge in [0.05, 0.1) is 11.3 Å². The summed E-state index contributed by atoms with van der Waals surface area (Å²) in [5.41, 5.74) is 3.72. The molecular weight excluding hydrogens is 340 g/mol. The Balaban J connectivity index is 1.58. The topological polar surface area (TPSA) is 75.3 Å². The standard InChI is InChI=1S/C22H24N2O3/c1-14-7-8-16(13-15(14)2)20(25)11-12-21(26)24-19-6-4-3-5-18(19)22(27)23-17-9-10-17/h3-8,13,17H,9-12H2,1-2H3,(H,23,27)(H,24,26). The van der Waals surface area contributed by atoms with Crippen molar-refractivity contribution in [2.75, 3.05) is 5.32 Å². The van der Waals surface area contributed by atoms with Crippen LogP contribution in [0.25, 0.3) is 0 Å². The summed E-state index contributed by atoms with van der Waals surface area (Å²) < 4.78 is 0. The largest absolute Gasteiger partial charge is 0.349 e. The number of amides is 2. The fourth-order valence-electron chi connectivity index (χ4n) is 2.78. The van der Waals surface area contributed by atoms with E-state index < -0.39 is 0 Å². The summed E-state index contributed by atoms with van der Waals surface area (Å²) >= 11 is 0. The number of hydrogen-bond acceptors (Lipinski definition) is 3. The number of aryl methyl sites for hydroxylation is 2. The van der Waals surface area contributed by atoms with E-state index in [2.05, 4.69) is 10.6 Å². The number of rotatable bonds is 7. The molecule has 2 aromatic carbocycles. The van der Waals surface area contributed by atoms with Gasteiger partial charge < -0.3 is 10.6 Å². The molecule has 0 unspecified atom stereocenters. The average Bonchev–Trinajstić information content (AvgIpc) is 3.46. The lowest BCUT2D eigenvalue weighted by Gasteiger charge is -2.11. The van der Waals surface area contributed by atoms with Crippen LogP contribution < -0.4 is 10.6 Å². The molecule has 27 heavy (non-hydrogen) atoms. The van der Waals surface area contributed by atoms with Gasteiger partial charge in [-0.25, -0.2) is 0 Å². The van der Waals surface area contributed by atoms with Crippen molar-refractivity contribution in [1.29, 1.82) is 0 Å². The Morgan fingerprint density at radius 1 is 0.963 bits per heavy atom. The van der Waals surface area contributed by atoms with Gasteiger partial charge in [-0.1, -0.05) is 24.3 Å². The first-order valence-electron chi connectivity index (χ1n) is 9.24. The molecule has 1 aliphatic rings. The molecule has 1 saturated carbocycles. The lowest BCUT2D eigenvalue weighted by molar-refractivity contribution is -0.116. The highest BCUT2D eigenvalue weighted by molar-refractivity contribution is 6.05. The number of carbonyl (C=O) groups is 3. The van der Waals surface area contributed by atoms with E-state index in [0.717, 1.165) is 24.0 Å². The Morgan fingerprint density at radius 2 is 1.70 bits per heavy atom. The molecule has 5 heteroatoms. The van der Waals surface area contributed by atoms with Gasteiger partial charge >= 0.3 is 0 Å². The first kappa shape index (κ1) is 18.8. The molecule has 0 spiro atoms. The van der Waals surface area contributed by atoms with Gasteiger partial charge in [0.15, 0.2) is 5.78 Å². The van der Waals surface area contributed by atoms with Crippen LogP contribution >= 0.6 is 0 Å². The number of hydrogen-bond donors (Lipinski definition) is 2. The van der Waals surface area contributed by atoms with Crippen LogP contribution in [-0.2, 0) is 4.79 Å². The van der Waals surface area contributed by atoms with Crippen LogP contribution in [0.5, 0.6) is 0 Å². The highest BCUT2D eigenvalue weighted by Gasteiger charge is 2.25. The molecule has 1 fully saturated rings. The third kappa shape index (κ3) is 5.03. The van der Waals surface area contributed by atoms with Crippen LogP contribution in [0.3, 0.4) is 0 Å². The second kappa shape index (κ2) is 8.16. The van der Waals surface area contributed by atoms with E-state index in [4.69, 9.17) is 0 Å². The van der Waals surface area contributed by atoms with Crippen molar-refractivity contribution in [3.63, 3.8) is 0 Å². The number of nitrogens with one attached hydrogen (secondary N) is 2. The molecule has 0 bridgehead atoms. The third-order valence-electron chi connectivity index (χ3n) is 4.77. The minimum absolute atomic E-state index is 0.0620. The van der Waals surface area contributed by atoms with Gasteiger partial charge in [0.1, 0.15) is 0 Å². The van der Waals surface area contributed by atoms with Gasteiger partial charge in [-0.2, -0.15) is 0 Å². The van der Waals surface area contributed by atoms with Crippen LogP contribution in [-0.4, -0.2) is 23.6 Å². The normalized spacial score (nSPS) is 13.1. The quantitative estimate of drug-likeness (QED) is 0.734. The minimum Gasteiger partial charge on any atom is -0.349 e. The van der Waals surface area contributed by atoms with Crippen LogP contribution in [0.2, 0.25) is 0 Å². The van der Waals surface area contributed by atoms with Gasteiger partial charge in [0.25, 0.3) is 5.91 Å². The number of benzene rings is 2. The molecule has 140 valence electrons. The van der Waals surface area contributed by atoms with Crippen molar-refractivity contribution in [3.8, 4) is 0 Å². The lowest BCUT2D eigenvalue weighted by Crippen LogP contribution is -2.27. The van der Waals surface area contributed by atoms with E-state index in [-0.39, 0.29) is 36.5 Å². The van der Waals surface area contributed by atoms with Crippen molar-refractivity contribution < 1.29 is 14.4 Å². The monoisotopic (exact) mass is 364 g/mol. The summed E-state index contributed by atoms with van der Waals surface area (Å²) in [5, 5.41) is 5.68. The molecule has 2 aromatic rings. The van der Waals surface area contributed by atoms with Crippen LogP contribution in [0, 0.1) is 13.8 Å². The fourth-order valence-corrected chi connectivity index (χ4v) is 2.78. The van der Waals surface area contributed by atoms with Gasteiger partial charge in [0, 0.05) is 24.4 Å². The second-order valence-electron chi connectivity index (χ2n) is 7.06. The van der Waals surface area contributed by atoms with Gasteiger partial charge in [-0.3, -0.25) is 14.4 Å². The van der Waals surface area contributed by atoms with Crippen molar-refractivity contribution >= 4 is 23.3 Å². The fraction of sp³-hybridized carbons (Fsp3) is 0.318. The number of ketones is 1. The van der Waals surface area contributed by atoms with Gasteiger partial charge in [0.2, 0.25) is 5.91 Å². The molecule has 5 nitrogen and oxygen atoms in total. The molecule has 0 aliphatic heterocycles. The van der Waals surface area contributed by atoms with Crippen molar-refractivity contribution in [2.24, 2.45) is 0 Å². The van der Waals surface area contributed by atoms with Crippen LogP contribution in [0.15, 0.2) is 42.5 Å². The number of carbonyl (C=O) groups excluding carboxylic acids is 3. The smallest absolute Gasteiger partial charge is 0.253 e. The summed E-state index contributed by atoms with van der Waals surface area (Å²) in [6, 6.07) is 12.7.